The molecule has 1 saturated heterocycles. The summed E-state index contributed by atoms with van der Waals surface area (Å²) in [5.74, 6) is 0.152. The van der Waals surface area contributed by atoms with E-state index in [0.29, 0.717) is 23.6 Å². The van der Waals surface area contributed by atoms with Crippen LogP contribution in [0.5, 0.6) is 5.75 Å². The van der Waals surface area contributed by atoms with E-state index in [0.717, 1.165) is 19.6 Å². The molecule has 1 aromatic heterocycles. The van der Waals surface area contributed by atoms with Crippen LogP contribution in [0, 0.1) is 0 Å². The fourth-order valence-corrected chi connectivity index (χ4v) is 3.30. The smallest absolute Gasteiger partial charge is 0.361 e. The molecule has 1 aliphatic heterocycles. The van der Waals surface area contributed by atoms with Gasteiger partial charge < -0.3 is 14.2 Å². The van der Waals surface area contributed by atoms with Crippen LogP contribution in [0.2, 0.25) is 0 Å². The van der Waals surface area contributed by atoms with Gasteiger partial charge in [0.05, 0.1) is 18.8 Å². The molecular weight excluding hydrogens is 348 g/mol. The lowest BCUT2D eigenvalue weighted by molar-refractivity contribution is -0.0699. The summed E-state index contributed by atoms with van der Waals surface area (Å²) < 4.78 is 16.8. The van der Waals surface area contributed by atoms with Crippen LogP contribution in [0.25, 0.3) is 11.3 Å². The van der Waals surface area contributed by atoms with Gasteiger partial charge in [-0.3, -0.25) is 4.90 Å². The molecule has 8 nitrogen and oxygen atoms in total. The first kappa shape index (κ1) is 19.3. The first-order valence-electron chi connectivity index (χ1n) is 9.26. The summed E-state index contributed by atoms with van der Waals surface area (Å²) in [7, 11) is 0. The fraction of sp³-hybridized carbons (Fsp3) is 0.526. The summed E-state index contributed by atoms with van der Waals surface area (Å²) in [6.45, 7) is 9.32. The second-order valence-corrected chi connectivity index (χ2v) is 6.60. The third-order valence-electron chi connectivity index (χ3n) is 4.32. The third kappa shape index (κ3) is 4.84. The molecular formula is C19H26N4O4. The van der Waals surface area contributed by atoms with E-state index in [1.807, 2.05) is 24.3 Å². The van der Waals surface area contributed by atoms with Crippen molar-refractivity contribution in [3.63, 3.8) is 0 Å². The molecule has 146 valence electrons. The summed E-state index contributed by atoms with van der Waals surface area (Å²) in [4.78, 5) is 14.4. The van der Waals surface area contributed by atoms with Crippen molar-refractivity contribution in [3.8, 4) is 17.0 Å². The van der Waals surface area contributed by atoms with Crippen LogP contribution in [0.15, 0.2) is 24.3 Å². The van der Waals surface area contributed by atoms with Gasteiger partial charge >= 0.3 is 5.97 Å². The summed E-state index contributed by atoms with van der Waals surface area (Å²) in [5, 5.41) is 10.6. The number of ether oxygens (including phenoxy) is 3. The Kier molecular flexibility index (Phi) is 6.41. The second kappa shape index (κ2) is 8.96. The van der Waals surface area contributed by atoms with E-state index in [1.165, 1.54) is 0 Å². The molecule has 0 saturated carbocycles. The number of carbonyl (C=O) groups excluding carboxylic acids is 1. The topological polar surface area (TPSA) is 89.6 Å². The Labute approximate surface area is 158 Å². The summed E-state index contributed by atoms with van der Waals surface area (Å²) >= 11 is 0. The van der Waals surface area contributed by atoms with E-state index < -0.39 is 5.97 Å². The van der Waals surface area contributed by atoms with Gasteiger partial charge in [0.25, 0.3) is 0 Å². The normalized spacial score (nSPS) is 20.4. The van der Waals surface area contributed by atoms with Gasteiger partial charge in [-0.15, -0.1) is 5.10 Å². The number of H-pyrrole nitrogens is 1. The van der Waals surface area contributed by atoms with Crippen molar-refractivity contribution in [2.45, 2.75) is 33.0 Å². The molecule has 0 radical (unpaired) electrons. The molecule has 2 atom stereocenters. The van der Waals surface area contributed by atoms with E-state index >= 15 is 0 Å². The van der Waals surface area contributed by atoms with Crippen LogP contribution in [-0.2, 0) is 9.47 Å². The number of morpholine rings is 1. The molecule has 8 heteroatoms. The Morgan fingerprint density at radius 3 is 2.74 bits per heavy atom. The molecule has 1 aromatic carbocycles. The number of aromatic nitrogens is 3. The van der Waals surface area contributed by atoms with Gasteiger partial charge in [-0.2, -0.15) is 10.3 Å². The molecule has 0 amide bonds. The minimum absolute atomic E-state index is 0.156. The van der Waals surface area contributed by atoms with Gasteiger partial charge in [-0.25, -0.2) is 4.79 Å². The Morgan fingerprint density at radius 1 is 1.26 bits per heavy atom. The lowest BCUT2D eigenvalue weighted by Crippen LogP contribution is -2.46. The molecule has 0 bridgehead atoms. The maximum atomic E-state index is 12.1. The van der Waals surface area contributed by atoms with E-state index in [2.05, 4.69) is 34.2 Å². The molecule has 1 N–H and O–H groups in total. The lowest BCUT2D eigenvalue weighted by atomic mass is 10.1. The third-order valence-corrected chi connectivity index (χ3v) is 4.32. The van der Waals surface area contributed by atoms with Crippen LogP contribution >= 0.6 is 0 Å². The van der Waals surface area contributed by atoms with E-state index in [4.69, 9.17) is 14.2 Å². The number of benzene rings is 1. The van der Waals surface area contributed by atoms with E-state index in [1.54, 1.807) is 6.92 Å². The first-order chi connectivity index (χ1) is 13.1. The summed E-state index contributed by atoms with van der Waals surface area (Å²) in [6, 6.07) is 7.48. The lowest BCUT2D eigenvalue weighted by Gasteiger charge is -2.35. The van der Waals surface area contributed by atoms with Gasteiger partial charge in [0, 0.05) is 25.2 Å². The number of rotatable bonds is 7. The molecule has 0 spiro atoms. The molecule has 2 aromatic rings. The number of para-hydroxylation sites is 1. The number of aromatic amines is 1. The van der Waals surface area contributed by atoms with E-state index in [-0.39, 0.29) is 24.5 Å². The molecule has 1 aliphatic rings. The molecule has 3 rings (SSSR count). The van der Waals surface area contributed by atoms with Crippen LogP contribution in [-0.4, -0.2) is 71.3 Å². The number of nitrogens with one attached hydrogen (secondary N) is 1. The van der Waals surface area contributed by atoms with Crippen molar-refractivity contribution in [2.24, 2.45) is 0 Å². The zero-order valence-electron chi connectivity index (χ0n) is 16.0. The molecule has 27 heavy (non-hydrogen) atoms. The van der Waals surface area contributed by atoms with Crippen LogP contribution < -0.4 is 4.74 Å². The standard InChI is InChI=1S/C19H26N4O4/c1-4-25-19(24)18-17(20-22-21-18)15-7-5-6-8-16(15)26-10-9-23-11-13(2)27-14(3)12-23/h5-8,13-14H,4,9-12H2,1-3H3,(H,20,21,22). The van der Waals surface area contributed by atoms with Crippen LogP contribution in [0.3, 0.4) is 0 Å². The van der Waals surface area contributed by atoms with Crippen LogP contribution in [0.1, 0.15) is 31.3 Å². The number of hydrogen-bond acceptors (Lipinski definition) is 7. The number of hydrogen-bond donors (Lipinski definition) is 1. The zero-order chi connectivity index (χ0) is 19.2. The van der Waals surface area contributed by atoms with Gasteiger partial charge in [-0.05, 0) is 32.9 Å². The second-order valence-electron chi connectivity index (χ2n) is 6.60. The van der Waals surface area contributed by atoms with Gasteiger partial charge in [0.15, 0.2) is 5.69 Å². The highest BCUT2D eigenvalue weighted by atomic mass is 16.5. The van der Waals surface area contributed by atoms with Crippen molar-refractivity contribution in [1.82, 2.24) is 20.3 Å². The van der Waals surface area contributed by atoms with Crippen molar-refractivity contribution in [1.29, 1.82) is 0 Å². The van der Waals surface area contributed by atoms with Crippen molar-refractivity contribution >= 4 is 5.97 Å². The first-order valence-corrected chi connectivity index (χ1v) is 9.26. The predicted octanol–water partition coefficient (Wildman–Crippen LogP) is 2.14. The van der Waals surface area contributed by atoms with Gasteiger partial charge in [0.1, 0.15) is 18.1 Å². The Bertz CT molecular complexity index is 754. The Hall–Kier alpha value is -2.45. The molecule has 2 heterocycles. The minimum atomic E-state index is -0.507. The largest absolute Gasteiger partial charge is 0.492 e. The fourth-order valence-electron chi connectivity index (χ4n) is 3.30. The van der Waals surface area contributed by atoms with Crippen molar-refractivity contribution in [3.05, 3.63) is 30.0 Å². The number of esters is 1. The Morgan fingerprint density at radius 2 is 2.00 bits per heavy atom. The summed E-state index contributed by atoms with van der Waals surface area (Å²) in [6.07, 6.45) is 0.451. The predicted molar refractivity (Wildman–Crippen MR) is 99.7 cm³/mol. The molecule has 0 aliphatic carbocycles. The maximum Gasteiger partial charge on any atom is 0.361 e. The average molecular weight is 374 g/mol. The quantitative estimate of drug-likeness (QED) is 0.743. The van der Waals surface area contributed by atoms with E-state index in [9.17, 15) is 4.79 Å². The van der Waals surface area contributed by atoms with Crippen LogP contribution in [0.4, 0.5) is 0 Å². The highest BCUT2D eigenvalue weighted by Crippen LogP contribution is 2.30. The monoisotopic (exact) mass is 374 g/mol. The van der Waals surface area contributed by atoms with Crippen molar-refractivity contribution in [2.75, 3.05) is 32.8 Å². The Balaban J connectivity index is 1.68. The highest BCUT2D eigenvalue weighted by Gasteiger charge is 2.23. The maximum absolute atomic E-state index is 12.1. The summed E-state index contributed by atoms with van der Waals surface area (Å²) in [5.41, 5.74) is 1.29. The SMILES string of the molecule is CCOC(=O)c1n[nH]nc1-c1ccccc1OCCN1CC(C)OC(C)C1. The van der Waals surface area contributed by atoms with Crippen molar-refractivity contribution < 1.29 is 19.0 Å². The zero-order valence-corrected chi connectivity index (χ0v) is 16.0. The highest BCUT2D eigenvalue weighted by molar-refractivity contribution is 5.94. The molecule has 2 unspecified atom stereocenters. The van der Waals surface area contributed by atoms with Gasteiger partial charge in [0.2, 0.25) is 0 Å². The molecule has 1 fully saturated rings. The minimum Gasteiger partial charge on any atom is -0.492 e. The number of nitrogens with zero attached hydrogens (tertiary/aromatic N) is 3. The average Bonchev–Trinajstić information content (AvgIpc) is 3.11. The van der Waals surface area contributed by atoms with Gasteiger partial charge in [-0.1, -0.05) is 12.1 Å². The number of carbonyl (C=O) groups is 1.